The van der Waals surface area contributed by atoms with E-state index in [2.05, 4.69) is 5.32 Å². The molecule has 0 unspecified atom stereocenters. The molecule has 1 heterocycles. The van der Waals surface area contributed by atoms with E-state index in [0.717, 1.165) is 6.42 Å². The Morgan fingerprint density at radius 2 is 2.25 bits per heavy atom. The molecule has 4 heteroatoms. The minimum Gasteiger partial charge on any atom is -0.481 e. The van der Waals surface area contributed by atoms with Gasteiger partial charge in [0.25, 0.3) is 0 Å². The van der Waals surface area contributed by atoms with Crippen LogP contribution in [0.15, 0.2) is 0 Å². The van der Waals surface area contributed by atoms with Crippen LogP contribution in [0.5, 0.6) is 0 Å². The predicted molar refractivity (Wildman–Crippen MR) is 40.3 cm³/mol. The van der Waals surface area contributed by atoms with Gasteiger partial charge in [-0.3, -0.25) is 9.59 Å². The molecule has 0 aromatic carbocycles. The van der Waals surface area contributed by atoms with Crippen molar-refractivity contribution in [2.75, 3.05) is 6.54 Å². The van der Waals surface area contributed by atoms with E-state index in [4.69, 9.17) is 5.11 Å². The summed E-state index contributed by atoms with van der Waals surface area (Å²) in [7, 11) is 0. The van der Waals surface area contributed by atoms with E-state index in [0.29, 0.717) is 18.9 Å². The summed E-state index contributed by atoms with van der Waals surface area (Å²) in [5.74, 6) is -1.19. The molecule has 1 amide bonds. The van der Waals surface area contributed by atoms with E-state index in [1.165, 1.54) is 0 Å². The molecule has 1 saturated heterocycles. The summed E-state index contributed by atoms with van der Waals surface area (Å²) in [4.78, 5) is 21.9. The number of amides is 1. The number of rotatable bonds is 1. The minimum absolute atomic E-state index is 0.0730. The maximum Gasteiger partial charge on any atom is 0.307 e. The highest BCUT2D eigenvalue weighted by Crippen LogP contribution is 2.38. The van der Waals surface area contributed by atoms with Gasteiger partial charge in [-0.05, 0) is 18.8 Å². The van der Waals surface area contributed by atoms with Crippen LogP contribution < -0.4 is 5.32 Å². The Labute approximate surface area is 69.9 Å². The van der Waals surface area contributed by atoms with Gasteiger partial charge in [-0.15, -0.1) is 0 Å². The molecule has 66 valence electrons. The number of aliphatic carboxylic acids is 1. The average Bonchev–Trinajstić information content (AvgIpc) is 2.37. The zero-order valence-corrected chi connectivity index (χ0v) is 6.62. The SMILES string of the molecule is O=C1NC[C@@H]2C[C@H]1[C@H](C(=O)O)C2. The Balaban J connectivity index is 2.19. The van der Waals surface area contributed by atoms with E-state index < -0.39 is 11.9 Å². The zero-order valence-electron chi connectivity index (χ0n) is 6.62. The van der Waals surface area contributed by atoms with Crippen LogP contribution >= 0.6 is 0 Å². The van der Waals surface area contributed by atoms with Crippen molar-refractivity contribution in [2.45, 2.75) is 12.8 Å². The van der Waals surface area contributed by atoms with Crippen molar-refractivity contribution in [3.8, 4) is 0 Å². The van der Waals surface area contributed by atoms with Crippen molar-refractivity contribution in [1.82, 2.24) is 5.32 Å². The standard InChI is InChI=1S/C8H11NO3/c10-7-5-1-4(3-9-7)2-6(5)8(11)12/h4-6H,1-3H2,(H,9,10)(H,11,12)/t4-,5+,6-/m1/s1. The third-order valence-corrected chi connectivity index (χ3v) is 2.88. The van der Waals surface area contributed by atoms with Crippen molar-refractivity contribution in [3.63, 3.8) is 0 Å². The molecule has 1 aliphatic carbocycles. The largest absolute Gasteiger partial charge is 0.481 e. The Morgan fingerprint density at radius 3 is 2.92 bits per heavy atom. The lowest BCUT2D eigenvalue weighted by molar-refractivity contribution is -0.145. The number of hydrogen-bond donors (Lipinski definition) is 2. The molecule has 3 atom stereocenters. The first-order valence-corrected chi connectivity index (χ1v) is 4.19. The summed E-state index contributed by atoms with van der Waals surface area (Å²) in [6.07, 6.45) is 1.43. The number of carbonyl (C=O) groups is 2. The molecule has 2 rings (SSSR count). The molecule has 0 radical (unpaired) electrons. The molecule has 2 N–H and O–H groups in total. The van der Waals surface area contributed by atoms with Crippen molar-refractivity contribution in [3.05, 3.63) is 0 Å². The third-order valence-electron chi connectivity index (χ3n) is 2.88. The second kappa shape index (κ2) is 2.47. The van der Waals surface area contributed by atoms with Crippen LogP contribution in [-0.2, 0) is 9.59 Å². The number of carbonyl (C=O) groups excluding carboxylic acids is 1. The molecule has 1 aliphatic heterocycles. The number of hydrogen-bond acceptors (Lipinski definition) is 2. The van der Waals surface area contributed by atoms with Gasteiger partial charge < -0.3 is 10.4 Å². The molecule has 0 aromatic heterocycles. The van der Waals surface area contributed by atoms with Crippen molar-refractivity contribution in [2.24, 2.45) is 17.8 Å². The highest BCUT2D eigenvalue weighted by molar-refractivity contribution is 5.86. The number of nitrogens with one attached hydrogen (secondary N) is 1. The Morgan fingerprint density at radius 1 is 1.50 bits per heavy atom. The lowest BCUT2D eigenvalue weighted by Crippen LogP contribution is -2.39. The Bertz CT molecular complexity index is 238. The van der Waals surface area contributed by atoms with Gasteiger partial charge in [0.1, 0.15) is 0 Å². The van der Waals surface area contributed by atoms with E-state index >= 15 is 0 Å². The fourth-order valence-electron chi connectivity index (χ4n) is 2.25. The fraction of sp³-hybridized carbons (Fsp3) is 0.750. The Kier molecular flexibility index (Phi) is 1.56. The molecule has 2 bridgehead atoms. The number of carboxylic acids is 1. The third kappa shape index (κ3) is 0.983. The van der Waals surface area contributed by atoms with Crippen molar-refractivity contribution >= 4 is 11.9 Å². The van der Waals surface area contributed by atoms with Gasteiger partial charge in [-0.25, -0.2) is 0 Å². The molecule has 1 saturated carbocycles. The van der Waals surface area contributed by atoms with Crippen LogP contribution in [0.1, 0.15) is 12.8 Å². The molecule has 2 fully saturated rings. The highest BCUT2D eigenvalue weighted by atomic mass is 16.4. The fourth-order valence-corrected chi connectivity index (χ4v) is 2.25. The van der Waals surface area contributed by atoms with Gasteiger partial charge in [-0.1, -0.05) is 0 Å². The molecular weight excluding hydrogens is 158 g/mol. The van der Waals surface area contributed by atoms with Gasteiger partial charge in [-0.2, -0.15) is 0 Å². The van der Waals surface area contributed by atoms with Gasteiger partial charge in [0, 0.05) is 6.54 Å². The van der Waals surface area contributed by atoms with E-state index in [-0.39, 0.29) is 11.8 Å². The van der Waals surface area contributed by atoms with Crippen LogP contribution in [0.2, 0.25) is 0 Å². The predicted octanol–water partition coefficient (Wildman–Crippen LogP) is -0.157. The lowest BCUT2D eigenvalue weighted by atomic mass is 9.95. The topological polar surface area (TPSA) is 66.4 Å². The van der Waals surface area contributed by atoms with Crippen LogP contribution in [0, 0.1) is 17.8 Å². The first-order valence-electron chi connectivity index (χ1n) is 4.19. The van der Waals surface area contributed by atoms with Crippen LogP contribution in [0.3, 0.4) is 0 Å². The molecule has 12 heavy (non-hydrogen) atoms. The maximum absolute atomic E-state index is 11.2. The maximum atomic E-state index is 11.2. The van der Waals surface area contributed by atoms with Gasteiger partial charge in [0.05, 0.1) is 11.8 Å². The number of carboxylic acid groups (broad SMARTS) is 1. The lowest BCUT2D eigenvalue weighted by Gasteiger charge is -2.19. The average molecular weight is 169 g/mol. The summed E-state index contributed by atoms with van der Waals surface area (Å²) in [6.45, 7) is 0.666. The molecular formula is C8H11NO3. The van der Waals surface area contributed by atoms with Crippen molar-refractivity contribution in [1.29, 1.82) is 0 Å². The second-order valence-electron chi connectivity index (χ2n) is 3.63. The number of piperidine rings is 1. The first kappa shape index (κ1) is 7.58. The molecule has 0 spiro atoms. The van der Waals surface area contributed by atoms with Gasteiger partial charge >= 0.3 is 5.97 Å². The summed E-state index contributed by atoms with van der Waals surface area (Å²) >= 11 is 0. The summed E-state index contributed by atoms with van der Waals surface area (Å²) in [5.41, 5.74) is 0. The van der Waals surface area contributed by atoms with Crippen LogP contribution in [0.25, 0.3) is 0 Å². The minimum atomic E-state index is -0.820. The van der Waals surface area contributed by atoms with E-state index in [1.807, 2.05) is 0 Å². The normalized spacial score (nSPS) is 39.3. The zero-order chi connectivity index (χ0) is 8.72. The summed E-state index contributed by atoms with van der Waals surface area (Å²) < 4.78 is 0. The molecule has 2 aliphatic rings. The summed E-state index contributed by atoms with van der Waals surface area (Å²) in [6, 6.07) is 0. The molecule has 4 nitrogen and oxygen atoms in total. The van der Waals surface area contributed by atoms with E-state index in [1.54, 1.807) is 0 Å². The number of fused-ring (bicyclic) bond motifs is 2. The van der Waals surface area contributed by atoms with Crippen LogP contribution in [-0.4, -0.2) is 23.5 Å². The van der Waals surface area contributed by atoms with Gasteiger partial charge in [0.2, 0.25) is 5.91 Å². The smallest absolute Gasteiger partial charge is 0.307 e. The quantitative estimate of drug-likeness (QED) is 0.573. The molecule has 0 aromatic rings. The second-order valence-corrected chi connectivity index (χ2v) is 3.63. The monoisotopic (exact) mass is 169 g/mol. The van der Waals surface area contributed by atoms with Gasteiger partial charge in [0.15, 0.2) is 0 Å². The summed E-state index contributed by atoms with van der Waals surface area (Å²) in [5, 5.41) is 11.5. The van der Waals surface area contributed by atoms with E-state index in [9.17, 15) is 9.59 Å². The highest BCUT2D eigenvalue weighted by Gasteiger charge is 2.45. The Hall–Kier alpha value is -1.06. The first-order chi connectivity index (χ1) is 5.68. The van der Waals surface area contributed by atoms with Crippen molar-refractivity contribution < 1.29 is 14.7 Å². The van der Waals surface area contributed by atoms with Crippen LogP contribution in [0.4, 0.5) is 0 Å².